The first-order valence-electron chi connectivity index (χ1n) is 11.1. The van der Waals surface area contributed by atoms with E-state index in [1.807, 2.05) is 42.1 Å². The molecule has 0 aliphatic heterocycles. The maximum atomic E-state index is 12.7. The van der Waals surface area contributed by atoms with E-state index in [0.29, 0.717) is 29.0 Å². The Morgan fingerprint density at radius 1 is 1.06 bits per heavy atom. The maximum Gasteiger partial charge on any atom is 0.243 e. The summed E-state index contributed by atoms with van der Waals surface area (Å²) < 4.78 is 31.9. The average Bonchev–Trinajstić information content (AvgIpc) is 2.78. The first-order valence-corrected chi connectivity index (χ1v) is 14.0. The van der Waals surface area contributed by atoms with Crippen LogP contribution in [0.5, 0.6) is 11.5 Å². The van der Waals surface area contributed by atoms with Gasteiger partial charge >= 0.3 is 0 Å². The number of sulfonamides is 1. The number of hydrogen-bond donors (Lipinski definition) is 1. The van der Waals surface area contributed by atoms with Crippen molar-refractivity contribution in [2.45, 2.75) is 50.3 Å². The molecule has 1 aliphatic rings. The van der Waals surface area contributed by atoms with E-state index in [-0.39, 0.29) is 5.91 Å². The number of hydrogen-bond acceptors (Lipinski definition) is 5. The van der Waals surface area contributed by atoms with Crippen LogP contribution in [0.25, 0.3) is 0 Å². The van der Waals surface area contributed by atoms with Crippen molar-refractivity contribution in [3.8, 4) is 11.5 Å². The molecule has 8 heteroatoms. The van der Waals surface area contributed by atoms with Crippen molar-refractivity contribution < 1.29 is 17.9 Å². The van der Waals surface area contributed by atoms with Crippen molar-refractivity contribution >= 4 is 33.4 Å². The van der Waals surface area contributed by atoms with Gasteiger partial charge in [0.15, 0.2) is 0 Å². The van der Waals surface area contributed by atoms with Crippen LogP contribution in [0.15, 0.2) is 54.6 Å². The molecule has 174 valence electrons. The first-order chi connectivity index (χ1) is 15.3. The summed E-state index contributed by atoms with van der Waals surface area (Å²) in [5.41, 5.74) is 0.423. The Labute approximate surface area is 195 Å². The van der Waals surface area contributed by atoms with Gasteiger partial charge in [-0.15, -0.1) is 0 Å². The van der Waals surface area contributed by atoms with Gasteiger partial charge in [-0.1, -0.05) is 37.5 Å². The van der Waals surface area contributed by atoms with Crippen LogP contribution in [0.3, 0.4) is 0 Å². The molecular formula is C24H32N2O4S2. The molecule has 0 bridgehead atoms. The summed E-state index contributed by atoms with van der Waals surface area (Å²) in [4.78, 5) is 12.7. The van der Waals surface area contributed by atoms with E-state index in [4.69, 9.17) is 4.74 Å². The van der Waals surface area contributed by atoms with Crippen LogP contribution in [0.2, 0.25) is 0 Å². The molecule has 1 fully saturated rings. The summed E-state index contributed by atoms with van der Waals surface area (Å²) in [5, 5.41) is 3.58. The molecule has 0 radical (unpaired) electrons. The number of ether oxygens (including phenoxy) is 1. The molecule has 0 spiro atoms. The van der Waals surface area contributed by atoms with Gasteiger partial charge in [0.25, 0.3) is 0 Å². The quantitative estimate of drug-likeness (QED) is 0.498. The second kappa shape index (κ2) is 11.6. The van der Waals surface area contributed by atoms with E-state index in [1.165, 1.54) is 32.1 Å². The monoisotopic (exact) mass is 476 g/mol. The summed E-state index contributed by atoms with van der Waals surface area (Å²) >= 11 is 1.90. The second-order valence-electron chi connectivity index (χ2n) is 8.07. The van der Waals surface area contributed by atoms with Gasteiger partial charge in [-0.25, -0.2) is 8.42 Å². The molecule has 0 aromatic heterocycles. The number of amides is 1. The first kappa shape index (κ1) is 24.5. The van der Waals surface area contributed by atoms with Crippen LogP contribution >= 0.6 is 11.8 Å². The van der Waals surface area contributed by atoms with Gasteiger partial charge < -0.3 is 10.1 Å². The fourth-order valence-electron chi connectivity index (χ4n) is 3.87. The summed E-state index contributed by atoms with van der Waals surface area (Å²) in [6.07, 6.45) is 7.52. The lowest BCUT2D eigenvalue weighted by molar-refractivity contribution is -0.121. The molecule has 6 nitrogen and oxygen atoms in total. The smallest absolute Gasteiger partial charge is 0.243 e. The minimum atomic E-state index is -3.66. The van der Waals surface area contributed by atoms with Crippen LogP contribution in [0.1, 0.15) is 39.0 Å². The summed E-state index contributed by atoms with van der Waals surface area (Å²) in [7, 11) is -3.66. The highest BCUT2D eigenvalue weighted by molar-refractivity contribution is 7.99. The zero-order chi connectivity index (χ0) is 23.0. The van der Waals surface area contributed by atoms with Crippen molar-refractivity contribution in [1.29, 1.82) is 0 Å². The fourth-order valence-corrected chi connectivity index (χ4v) is 6.27. The molecule has 2 aromatic carbocycles. The van der Waals surface area contributed by atoms with Gasteiger partial charge in [0.1, 0.15) is 17.5 Å². The summed E-state index contributed by atoms with van der Waals surface area (Å²) in [5.74, 6) is 1.82. The average molecular weight is 477 g/mol. The normalized spacial score (nSPS) is 15.7. The van der Waals surface area contributed by atoms with Crippen molar-refractivity contribution in [1.82, 2.24) is 5.32 Å². The van der Waals surface area contributed by atoms with Gasteiger partial charge in [-0.3, -0.25) is 9.10 Å². The number of rotatable bonds is 10. The SMILES string of the molecule is C[C@H](C(=O)NCCSC1CCCCC1)N(c1ccc(Oc2ccccc2)cc1)S(C)(=O)=O. The van der Waals surface area contributed by atoms with E-state index in [2.05, 4.69) is 5.32 Å². The van der Waals surface area contributed by atoms with E-state index >= 15 is 0 Å². The van der Waals surface area contributed by atoms with Gasteiger partial charge in [-0.05, 0) is 56.2 Å². The maximum absolute atomic E-state index is 12.7. The Balaban J connectivity index is 1.59. The molecule has 0 heterocycles. The number of benzene rings is 2. The van der Waals surface area contributed by atoms with Crippen molar-refractivity contribution in [2.24, 2.45) is 0 Å². The zero-order valence-electron chi connectivity index (χ0n) is 18.7. The molecule has 1 aliphatic carbocycles. The number of nitrogens with zero attached hydrogens (tertiary/aromatic N) is 1. The van der Waals surface area contributed by atoms with E-state index in [0.717, 1.165) is 16.3 Å². The van der Waals surface area contributed by atoms with Crippen LogP contribution < -0.4 is 14.4 Å². The number of nitrogens with one attached hydrogen (secondary N) is 1. The summed E-state index contributed by atoms with van der Waals surface area (Å²) in [6, 6.07) is 15.2. The Morgan fingerprint density at radius 2 is 1.69 bits per heavy atom. The Hall–Kier alpha value is -2.19. The van der Waals surface area contributed by atoms with Crippen LogP contribution in [0, 0.1) is 0 Å². The number of para-hydroxylation sites is 1. The lowest BCUT2D eigenvalue weighted by Gasteiger charge is -2.28. The topological polar surface area (TPSA) is 75.7 Å². The number of carbonyl (C=O) groups is 1. The third-order valence-electron chi connectivity index (χ3n) is 5.47. The molecule has 1 N–H and O–H groups in total. The molecular weight excluding hydrogens is 444 g/mol. The van der Waals surface area contributed by atoms with E-state index < -0.39 is 16.1 Å². The third kappa shape index (κ3) is 7.17. The predicted octanol–water partition coefficient (Wildman–Crippen LogP) is 4.82. The fraction of sp³-hybridized carbons (Fsp3) is 0.458. The molecule has 3 rings (SSSR count). The predicted molar refractivity (Wildman–Crippen MR) is 132 cm³/mol. The van der Waals surface area contributed by atoms with Gasteiger partial charge in [0.05, 0.1) is 11.9 Å². The molecule has 1 amide bonds. The molecule has 0 unspecified atom stereocenters. The largest absolute Gasteiger partial charge is 0.457 e. The summed E-state index contributed by atoms with van der Waals surface area (Å²) in [6.45, 7) is 2.14. The van der Waals surface area contributed by atoms with E-state index in [9.17, 15) is 13.2 Å². The van der Waals surface area contributed by atoms with Crippen LogP contribution in [-0.4, -0.2) is 44.2 Å². The second-order valence-corrected chi connectivity index (χ2v) is 11.3. The number of anilines is 1. The van der Waals surface area contributed by atoms with E-state index in [1.54, 1.807) is 31.2 Å². The van der Waals surface area contributed by atoms with Crippen molar-refractivity contribution in [3.63, 3.8) is 0 Å². The minimum Gasteiger partial charge on any atom is -0.457 e. The number of thioether (sulfide) groups is 1. The zero-order valence-corrected chi connectivity index (χ0v) is 20.3. The number of carbonyl (C=O) groups excluding carboxylic acids is 1. The van der Waals surface area contributed by atoms with Gasteiger partial charge in [-0.2, -0.15) is 11.8 Å². The standard InChI is InChI=1S/C24H32N2O4S2/c1-19(24(27)25-17-18-31-23-11-7-4-8-12-23)26(32(2,28)29)20-13-15-22(16-14-20)30-21-9-5-3-6-10-21/h3,5-6,9-10,13-16,19,23H,4,7-8,11-12,17-18H2,1-2H3,(H,25,27)/t19-/m1/s1. The Kier molecular flexibility index (Phi) is 8.87. The van der Waals surface area contributed by atoms with Crippen LogP contribution in [0.4, 0.5) is 5.69 Å². The lowest BCUT2D eigenvalue weighted by Crippen LogP contribution is -2.48. The lowest BCUT2D eigenvalue weighted by atomic mass is 10.0. The van der Waals surface area contributed by atoms with Crippen molar-refractivity contribution in [2.75, 3.05) is 22.9 Å². The highest BCUT2D eigenvalue weighted by Gasteiger charge is 2.29. The Bertz CT molecular complexity index is 959. The molecule has 2 aromatic rings. The molecule has 32 heavy (non-hydrogen) atoms. The van der Waals surface area contributed by atoms with Gasteiger partial charge in [0, 0.05) is 17.5 Å². The minimum absolute atomic E-state index is 0.302. The van der Waals surface area contributed by atoms with Crippen molar-refractivity contribution in [3.05, 3.63) is 54.6 Å². The Morgan fingerprint density at radius 3 is 2.31 bits per heavy atom. The van der Waals surface area contributed by atoms with Crippen LogP contribution in [-0.2, 0) is 14.8 Å². The molecule has 1 atom stereocenters. The molecule has 0 saturated heterocycles. The third-order valence-corrected chi connectivity index (χ3v) is 8.09. The highest BCUT2D eigenvalue weighted by Crippen LogP contribution is 2.28. The van der Waals surface area contributed by atoms with Gasteiger partial charge in [0.2, 0.25) is 15.9 Å². The molecule has 1 saturated carbocycles. The highest BCUT2D eigenvalue weighted by atomic mass is 32.2.